The number of amides is 2. The predicted octanol–water partition coefficient (Wildman–Crippen LogP) is 3.26. The number of hydrogen-bond donors (Lipinski definition) is 2. The van der Waals surface area contributed by atoms with E-state index < -0.39 is 11.7 Å². The van der Waals surface area contributed by atoms with E-state index in [2.05, 4.69) is 20.6 Å². The minimum absolute atomic E-state index is 0.0634. The number of aromatic nitrogens is 3. The number of nitrogens with zero attached hydrogens (tertiary/aromatic N) is 3. The summed E-state index contributed by atoms with van der Waals surface area (Å²) in [4.78, 5) is 33.8. The topological polar surface area (TPSA) is 98.1 Å². The fraction of sp³-hybridized carbons (Fsp3) is 0.364. The van der Waals surface area contributed by atoms with Gasteiger partial charge in [-0.05, 0) is 45.4 Å². The number of carbonyl (C=O) groups is 2. The summed E-state index contributed by atoms with van der Waals surface area (Å²) in [5.74, 6) is -1.19. The highest BCUT2D eigenvalue weighted by Gasteiger charge is 2.23. The van der Waals surface area contributed by atoms with Crippen LogP contribution in [0.25, 0.3) is 11.0 Å². The highest BCUT2D eigenvalue weighted by Crippen LogP contribution is 2.27. The van der Waals surface area contributed by atoms with Crippen molar-refractivity contribution in [2.24, 2.45) is 0 Å². The van der Waals surface area contributed by atoms with Crippen molar-refractivity contribution >= 4 is 28.8 Å². The molecule has 0 bridgehead atoms. The number of benzene rings is 1. The lowest BCUT2D eigenvalue weighted by molar-refractivity contribution is 0.0937. The molecule has 164 valence electrons. The van der Waals surface area contributed by atoms with E-state index in [9.17, 15) is 14.0 Å². The average molecular weight is 427 g/mol. The van der Waals surface area contributed by atoms with Gasteiger partial charge < -0.3 is 14.6 Å². The van der Waals surface area contributed by atoms with Gasteiger partial charge in [0.15, 0.2) is 0 Å². The Morgan fingerprint density at radius 2 is 1.97 bits per heavy atom. The van der Waals surface area contributed by atoms with Gasteiger partial charge in [0.1, 0.15) is 11.5 Å². The second kappa shape index (κ2) is 8.81. The number of carbonyl (C=O) groups excluding carboxylic acids is 2. The zero-order valence-electron chi connectivity index (χ0n) is 18.2. The van der Waals surface area contributed by atoms with Gasteiger partial charge in [-0.3, -0.25) is 14.9 Å². The lowest BCUT2D eigenvalue weighted by Gasteiger charge is -2.22. The van der Waals surface area contributed by atoms with Crippen LogP contribution in [0.3, 0.4) is 0 Å². The molecule has 2 N–H and O–H groups in total. The van der Waals surface area contributed by atoms with Crippen molar-refractivity contribution in [1.82, 2.24) is 19.9 Å². The van der Waals surface area contributed by atoms with Crippen molar-refractivity contribution in [3.8, 4) is 0 Å². The fourth-order valence-corrected chi connectivity index (χ4v) is 3.03. The zero-order chi connectivity index (χ0) is 22.8. The van der Waals surface area contributed by atoms with Gasteiger partial charge in [0.05, 0.1) is 17.6 Å². The second-order valence-corrected chi connectivity index (χ2v) is 8.18. The van der Waals surface area contributed by atoms with E-state index in [1.165, 1.54) is 24.4 Å². The third-order valence-corrected chi connectivity index (χ3v) is 4.76. The molecule has 0 saturated carbocycles. The van der Waals surface area contributed by atoms with Gasteiger partial charge in [-0.15, -0.1) is 0 Å². The Bertz CT molecular complexity index is 1130. The molecule has 8 nitrogen and oxygen atoms in total. The van der Waals surface area contributed by atoms with Crippen LogP contribution in [-0.4, -0.2) is 46.6 Å². The van der Waals surface area contributed by atoms with E-state index in [0.29, 0.717) is 35.3 Å². The molecular formula is C22H26FN5O3. The number of rotatable bonds is 6. The van der Waals surface area contributed by atoms with E-state index in [0.717, 1.165) is 0 Å². The Balaban J connectivity index is 1.95. The summed E-state index contributed by atoms with van der Waals surface area (Å²) in [6.07, 6.45) is 3.23. The molecule has 1 aromatic carbocycles. The molecule has 2 amide bonds. The molecule has 2 heterocycles. The summed E-state index contributed by atoms with van der Waals surface area (Å²) in [5.41, 5.74) is 1.17. The minimum atomic E-state index is -0.523. The van der Waals surface area contributed by atoms with E-state index >= 15 is 0 Å². The summed E-state index contributed by atoms with van der Waals surface area (Å²) in [5, 5.41) is 5.95. The van der Waals surface area contributed by atoms with Crippen molar-refractivity contribution < 1.29 is 18.7 Å². The summed E-state index contributed by atoms with van der Waals surface area (Å²) in [6.45, 7) is 8.34. The molecule has 0 fully saturated rings. The van der Waals surface area contributed by atoms with E-state index in [1.54, 1.807) is 20.2 Å². The van der Waals surface area contributed by atoms with Gasteiger partial charge in [-0.1, -0.05) is 6.07 Å². The Morgan fingerprint density at radius 1 is 1.23 bits per heavy atom. The van der Waals surface area contributed by atoms with Crippen molar-refractivity contribution in [2.75, 3.05) is 25.6 Å². The van der Waals surface area contributed by atoms with Crippen LogP contribution in [-0.2, 0) is 10.3 Å². The smallest absolute Gasteiger partial charge is 0.258 e. The van der Waals surface area contributed by atoms with Crippen LogP contribution >= 0.6 is 0 Å². The zero-order valence-corrected chi connectivity index (χ0v) is 18.2. The van der Waals surface area contributed by atoms with Crippen molar-refractivity contribution in [3.05, 3.63) is 53.1 Å². The first-order chi connectivity index (χ1) is 14.6. The number of fused-ring (bicyclic) bond motifs is 1. The van der Waals surface area contributed by atoms with Gasteiger partial charge >= 0.3 is 0 Å². The van der Waals surface area contributed by atoms with Crippen molar-refractivity contribution in [2.45, 2.75) is 33.2 Å². The van der Waals surface area contributed by atoms with E-state index in [-0.39, 0.29) is 23.0 Å². The Labute approximate surface area is 179 Å². The van der Waals surface area contributed by atoms with Crippen LogP contribution in [0.15, 0.2) is 30.6 Å². The maximum atomic E-state index is 13.8. The molecule has 2 aromatic heterocycles. The van der Waals surface area contributed by atoms with Gasteiger partial charge in [-0.25, -0.2) is 9.37 Å². The van der Waals surface area contributed by atoms with Gasteiger partial charge in [-0.2, -0.15) is 4.98 Å². The molecule has 9 heteroatoms. The van der Waals surface area contributed by atoms with Crippen LogP contribution in [0, 0.1) is 12.7 Å². The molecule has 31 heavy (non-hydrogen) atoms. The van der Waals surface area contributed by atoms with Crippen LogP contribution < -0.4 is 10.6 Å². The lowest BCUT2D eigenvalue weighted by Crippen LogP contribution is -2.27. The first kappa shape index (κ1) is 22.4. The quantitative estimate of drug-likeness (QED) is 0.589. The summed E-state index contributed by atoms with van der Waals surface area (Å²) < 4.78 is 20.6. The highest BCUT2D eigenvalue weighted by atomic mass is 19.1. The molecule has 3 rings (SSSR count). The number of methoxy groups -OCH3 is 1. The molecule has 0 unspecified atom stereocenters. The van der Waals surface area contributed by atoms with Crippen LogP contribution in [0.4, 0.5) is 10.3 Å². The second-order valence-electron chi connectivity index (χ2n) is 8.18. The Hall–Kier alpha value is -3.33. The first-order valence-electron chi connectivity index (χ1n) is 9.85. The average Bonchev–Trinajstić information content (AvgIpc) is 3.09. The Morgan fingerprint density at radius 3 is 2.61 bits per heavy atom. The minimum Gasteiger partial charge on any atom is -0.383 e. The van der Waals surface area contributed by atoms with Gasteiger partial charge in [0.2, 0.25) is 5.95 Å². The number of halogens is 1. The van der Waals surface area contributed by atoms with Gasteiger partial charge in [0.25, 0.3) is 11.8 Å². The third-order valence-electron chi connectivity index (χ3n) is 4.76. The number of anilines is 1. The molecule has 0 aliphatic heterocycles. The number of hydrogen-bond acceptors (Lipinski definition) is 5. The number of aryl methyl sites for hydroxylation is 1. The third kappa shape index (κ3) is 4.88. The molecule has 0 aliphatic carbocycles. The van der Waals surface area contributed by atoms with Crippen LogP contribution in [0.2, 0.25) is 0 Å². The largest absolute Gasteiger partial charge is 0.383 e. The fourth-order valence-electron chi connectivity index (χ4n) is 3.03. The van der Waals surface area contributed by atoms with E-state index in [4.69, 9.17) is 4.74 Å². The molecule has 0 radical (unpaired) electrons. The standard InChI is InChI=1S/C22H26FN5O3/c1-13-6-7-14(10-17(13)23)19(29)27-21-25-11-15-16(20(30)24-8-9-31-5)12-28(18(15)26-21)22(2,3)4/h6-7,10-12H,8-9H2,1-5H3,(H,24,30)(H,25,26,27,29). The number of nitrogens with one attached hydrogen (secondary N) is 2. The van der Waals surface area contributed by atoms with Crippen LogP contribution in [0.1, 0.15) is 47.1 Å². The van der Waals surface area contributed by atoms with Crippen LogP contribution in [0.5, 0.6) is 0 Å². The molecular weight excluding hydrogens is 401 g/mol. The number of ether oxygens (including phenoxy) is 1. The van der Waals surface area contributed by atoms with Crippen molar-refractivity contribution in [1.29, 1.82) is 0 Å². The monoisotopic (exact) mass is 427 g/mol. The molecule has 0 spiro atoms. The lowest BCUT2D eigenvalue weighted by atomic mass is 10.1. The molecule has 0 saturated heterocycles. The normalized spacial score (nSPS) is 11.5. The Kier molecular flexibility index (Phi) is 6.35. The van der Waals surface area contributed by atoms with Gasteiger partial charge in [0, 0.05) is 37.2 Å². The maximum Gasteiger partial charge on any atom is 0.258 e. The molecule has 0 atom stereocenters. The molecule has 0 aliphatic rings. The highest BCUT2D eigenvalue weighted by molar-refractivity contribution is 6.07. The summed E-state index contributed by atoms with van der Waals surface area (Å²) >= 11 is 0. The van der Waals surface area contributed by atoms with Crippen molar-refractivity contribution in [3.63, 3.8) is 0 Å². The molecule has 3 aromatic rings. The van der Waals surface area contributed by atoms with E-state index in [1.807, 2.05) is 25.3 Å². The SMILES string of the molecule is COCCNC(=O)c1cn(C(C)(C)C)c2nc(NC(=O)c3ccc(C)c(F)c3)ncc12. The maximum absolute atomic E-state index is 13.8. The summed E-state index contributed by atoms with van der Waals surface area (Å²) in [7, 11) is 1.56. The summed E-state index contributed by atoms with van der Waals surface area (Å²) in [6, 6.07) is 4.24. The first-order valence-corrected chi connectivity index (χ1v) is 9.85. The predicted molar refractivity (Wildman–Crippen MR) is 116 cm³/mol.